The van der Waals surface area contributed by atoms with Crippen LogP contribution in [0, 0.1) is 5.41 Å². The molecule has 1 N–H and O–H groups in total. The average Bonchev–Trinajstić information content (AvgIpc) is 2.33. The van der Waals surface area contributed by atoms with Gasteiger partial charge in [0, 0.05) is 31.7 Å². The van der Waals surface area contributed by atoms with E-state index in [4.69, 9.17) is 0 Å². The quantitative estimate of drug-likeness (QED) is 0.792. The number of piperazine rings is 1. The van der Waals surface area contributed by atoms with Crippen molar-refractivity contribution >= 4 is 0 Å². The van der Waals surface area contributed by atoms with E-state index in [1.807, 2.05) is 0 Å². The van der Waals surface area contributed by atoms with E-state index in [9.17, 15) is 0 Å². The Morgan fingerprint density at radius 1 is 1.18 bits per heavy atom. The van der Waals surface area contributed by atoms with E-state index in [-0.39, 0.29) is 0 Å². The molecule has 2 aliphatic rings. The van der Waals surface area contributed by atoms with Crippen LogP contribution in [-0.2, 0) is 0 Å². The minimum Gasteiger partial charge on any atom is -0.311 e. The topological polar surface area (TPSA) is 15.3 Å². The zero-order chi connectivity index (χ0) is 12.3. The highest BCUT2D eigenvalue weighted by molar-refractivity contribution is 4.94. The molecule has 0 aromatic heterocycles. The maximum absolute atomic E-state index is 3.70. The molecule has 2 heteroatoms. The first-order valence-corrected chi connectivity index (χ1v) is 7.70. The summed E-state index contributed by atoms with van der Waals surface area (Å²) in [7, 11) is 0. The zero-order valence-corrected chi connectivity index (χ0v) is 12.0. The predicted molar refractivity (Wildman–Crippen MR) is 74.3 cm³/mol. The zero-order valence-electron chi connectivity index (χ0n) is 12.0. The molecule has 0 amide bonds. The summed E-state index contributed by atoms with van der Waals surface area (Å²) in [6.45, 7) is 10.9. The van der Waals surface area contributed by atoms with Gasteiger partial charge in [0.05, 0.1) is 0 Å². The van der Waals surface area contributed by atoms with Gasteiger partial charge in [-0.15, -0.1) is 0 Å². The van der Waals surface area contributed by atoms with Gasteiger partial charge < -0.3 is 5.32 Å². The van der Waals surface area contributed by atoms with Crippen LogP contribution in [0.1, 0.15) is 59.3 Å². The van der Waals surface area contributed by atoms with Gasteiger partial charge in [0.25, 0.3) is 0 Å². The lowest BCUT2D eigenvalue weighted by Crippen LogP contribution is -2.59. The molecule has 1 aliphatic carbocycles. The summed E-state index contributed by atoms with van der Waals surface area (Å²) >= 11 is 0. The molecule has 1 saturated heterocycles. The number of nitrogens with one attached hydrogen (secondary N) is 1. The van der Waals surface area contributed by atoms with Crippen molar-refractivity contribution in [2.75, 3.05) is 19.6 Å². The molecule has 2 rings (SSSR count). The van der Waals surface area contributed by atoms with Crippen LogP contribution < -0.4 is 5.32 Å². The summed E-state index contributed by atoms with van der Waals surface area (Å²) in [6, 6.07) is 1.51. The minimum absolute atomic E-state index is 0.684. The van der Waals surface area contributed by atoms with Gasteiger partial charge >= 0.3 is 0 Å². The number of rotatable bonds is 5. The largest absolute Gasteiger partial charge is 0.311 e. The number of hydrogen-bond acceptors (Lipinski definition) is 2. The average molecular weight is 238 g/mol. The van der Waals surface area contributed by atoms with E-state index in [2.05, 4.69) is 31.0 Å². The van der Waals surface area contributed by atoms with Crippen LogP contribution in [0.4, 0.5) is 0 Å². The summed E-state index contributed by atoms with van der Waals surface area (Å²) < 4.78 is 0. The van der Waals surface area contributed by atoms with E-state index in [0.29, 0.717) is 5.41 Å². The Morgan fingerprint density at radius 3 is 2.41 bits per heavy atom. The molecule has 17 heavy (non-hydrogen) atoms. The Bertz CT molecular complexity index is 230. The fourth-order valence-electron chi connectivity index (χ4n) is 3.53. The highest BCUT2D eigenvalue weighted by Gasteiger charge is 2.39. The molecule has 1 heterocycles. The third-order valence-electron chi connectivity index (χ3n) is 5.28. The molecule has 0 radical (unpaired) electrons. The molecular weight excluding hydrogens is 208 g/mol. The Hall–Kier alpha value is -0.0800. The first kappa shape index (κ1) is 13.4. The third kappa shape index (κ3) is 2.85. The van der Waals surface area contributed by atoms with Gasteiger partial charge in [-0.05, 0) is 37.5 Å². The number of hydrogen-bond donors (Lipinski definition) is 1. The third-order valence-corrected chi connectivity index (χ3v) is 5.28. The van der Waals surface area contributed by atoms with Crippen LogP contribution >= 0.6 is 0 Å². The van der Waals surface area contributed by atoms with Gasteiger partial charge in [-0.25, -0.2) is 0 Å². The monoisotopic (exact) mass is 238 g/mol. The van der Waals surface area contributed by atoms with Gasteiger partial charge in [0.1, 0.15) is 0 Å². The van der Waals surface area contributed by atoms with Crippen LogP contribution in [0.25, 0.3) is 0 Å². The van der Waals surface area contributed by atoms with Crippen molar-refractivity contribution in [2.45, 2.75) is 71.4 Å². The Labute approximate surface area is 107 Å². The molecule has 0 aromatic rings. The lowest BCUT2D eigenvalue weighted by Gasteiger charge is -2.49. The van der Waals surface area contributed by atoms with Crippen molar-refractivity contribution < 1.29 is 0 Å². The lowest BCUT2D eigenvalue weighted by molar-refractivity contribution is 0.0194. The predicted octanol–water partition coefficient (Wildman–Crippen LogP) is 3.03. The fraction of sp³-hybridized carbons (Fsp3) is 1.00. The van der Waals surface area contributed by atoms with E-state index < -0.39 is 0 Å². The van der Waals surface area contributed by atoms with Crippen LogP contribution in [0.15, 0.2) is 0 Å². The maximum Gasteiger partial charge on any atom is 0.0219 e. The van der Waals surface area contributed by atoms with Gasteiger partial charge in [0.2, 0.25) is 0 Å². The van der Waals surface area contributed by atoms with Gasteiger partial charge in [-0.1, -0.05) is 27.2 Å². The van der Waals surface area contributed by atoms with Crippen LogP contribution in [-0.4, -0.2) is 36.6 Å². The second kappa shape index (κ2) is 5.71. The lowest BCUT2D eigenvalue weighted by atomic mass is 9.66. The summed E-state index contributed by atoms with van der Waals surface area (Å²) in [5.74, 6) is 0. The fourth-order valence-corrected chi connectivity index (χ4v) is 3.53. The van der Waals surface area contributed by atoms with Crippen molar-refractivity contribution in [3.05, 3.63) is 0 Å². The van der Waals surface area contributed by atoms with Crippen molar-refractivity contribution in [3.8, 4) is 0 Å². The van der Waals surface area contributed by atoms with Crippen molar-refractivity contribution in [1.29, 1.82) is 0 Å². The molecule has 2 unspecified atom stereocenters. The van der Waals surface area contributed by atoms with Crippen molar-refractivity contribution in [2.24, 2.45) is 5.41 Å². The normalized spacial score (nSPS) is 33.4. The Morgan fingerprint density at radius 2 is 1.94 bits per heavy atom. The molecule has 2 atom stereocenters. The van der Waals surface area contributed by atoms with Gasteiger partial charge in [-0.3, -0.25) is 4.90 Å². The molecule has 100 valence electrons. The molecule has 1 saturated carbocycles. The standard InChI is InChI=1S/C15H30N2/c1-4-13-11-17(14(5-2)10-16-13)12-15(6-3)8-7-9-15/h13-14,16H,4-12H2,1-3H3. The Kier molecular flexibility index (Phi) is 4.48. The SMILES string of the molecule is CCC1CN(CC2(CC)CCC2)C(CC)CN1. The first-order valence-electron chi connectivity index (χ1n) is 7.70. The summed E-state index contributed by atoms with van der Waals surface area (Å²) in [6.07, 6.45) is 8.36. The second-order valence-corrected chi connectivity index (χ2v) is 6.21. The molecule has 2 nitrogen and oxygen atoms in total. The molecule has 0 bridgehead atoms. The van der Waals surface area contributed by atoms with E-state index in [0.717, 1.165) is 12.1 Å². The Balaban J connectivity index is 1.95. The minimum atomic E-state index is 0.684. The highest BCUT2D eigenvalue weighted by atomic mass is 15.2. The smallest absolute Gasteiger partial charge is 0.0219 e. The first-order chi connectivity index (χ1) is 8.23. The van der Waals surface area contributed by atoms with Crippen LogP contribution in [0.2, 0.25) is 0 Å². The van der Waals surface area contributed by atoms with Crippen LogP contribution in [0.3, 0.4) is 0 Å². The van der Waals surface area contributed by atoms with E-state index >= 15 is 0 Å². The summed E-state index contributed by atoms with van der Waals surface area (Å²) in [5.41, 5.74) is 0.684. The van der Waals surface area contributed by atoms with Gasteiger partial charge in [-0.2, -0.15) is 0 Å². The van der Waals surface area contributed by atoms with Crippen LogP contribution in [0.5, 0.6) is 0 Å². The molecule has 0 aromatic carbocycles. The maximum atomic E-state index is 3.70. The number of nitrogens with zero attached hydrogens (tertiary/aromatic N) is 1. The highest BCUT2D eigenvalue weighted by Crippen LogP contribution is 2.44. The van der Waals surface area contributed by atoms with Crippen molar-refractivity contribution in [1.82, 2.24) is 10.2 Å². The van der Waals surface area contributed by atoms with Crippen molar-refractivity contribution in [3.63, 3.8) is 0 Å². The van der Waals surface area contributed by atoms with E-state index in [1.165, 1.54) is 58.2 Å². The molecule has 2 fully saturated rings. The molecule has 0 spiro atoms. The van der Waals surface area contributed by atoms with E-state index in [1.54, 1.807) is 0 Å². The molecule has 1 aliphatic heterocycles. The molecular formula is C15H30N2. The summed E-state index contributed by atoms with van der Waals surface area (Å²) in [4.78, 5) is 2.80. The summed E-state index contributed by atoms with van der Waals surface area (Å²) in [5, 5.41) is 3.70. The second-order valence-electron chi connectivity index (χ2n) is 6.21. The van der Waals surface area contributed by atoms with Gasteiger partial charge in [0.15, 0.2) is 0 Å².